The van der Waals surface area contributed by atoms with E-state index in [2.05, 4.69) is 15.9 Å². The molecule has 6 heteroatoms. The number of hydrogen-bond acceptors (Lipinski definition) is 3. The van der Waals surface area contributed by atoms with Crippen LogP contribution >= 0.6 is 15.9 Å². The van der Waals surface area contributed by atoms with E-state index >= 15 is 0 Å². The maximum Gasteiger partial charge on any atom is 0.307 e. The Morgan fingerprint density at radius 1 is 1.26 bits per heavy atom. The van der Waals surface area contributed by atoms with E-state index in [0.717, 1.165) is 28.6 Å². The summed E-state index contributed by atoms with van der Waals surface area (Å²) in [5.74, 6) is -1.00. The first kappa shape index (κ1) is 16.3. The molecule has 1 aliphatic carbocycles. The molecule has 0 radical (unpaired) electrons. The molecule has 3 atom stereocenters. The van der Waals surface area contributed by atoms with Crippen molar-refractivity contribution in [2.24, 2.45) is 11.8 Å². The third kappa shape index (κ3) is 2.96. The second-order valence-corrected chi connectivity index (χ2v) is 7.12. The molecule has 1 heterocycles. The topological polar surface area (TPSA) is 66.8 Å². The number of carbonyl (C=O) groups excluding carboxylic acids is 1. The van der Waals surface area contributed by atoms with E-state index in [1.54, 1.807) is 7.11 Å². The molecule has 1 aromatic rings. The Bertz CT molecular complexity index is 633. The van der Waals surface area contributed by atoms with E-state index in [1.807, 2.05) is 23.1 Å². The molecule has 124 valence electrons. The molecule has 1 saturated carbocycles. The van der Waals surface area contributed by atoms with Gasteiger partial charge in [-0.1, -0.05) is 15.9 Å². The summed E-state index contributed by atoms with van der Waals surface area (Å²) in [5.41, 5.74) is 0.985. The number of likely N-dealkylation sites (tertiary alicyclic amines) is 1. The molecule has 3 rings (SSSR count). The summed E-state index contributed by atoms with van der Waals surface area (Å²) in [4.78, 5) is 25.9. The van der Waals surface area contributed by atoms with Gasteiger partial charge in [0, 0.05) is 16.6 Å². The number of nitrogens with zero attached hydrogens (tertiary/aromatic N) is 1. The molecule has 3 unspecified atom stereocenters. The van der Waals surface area contributed by atoms with Gasteiger partial charge in [0.2, 0.25) is 5.91 Å². The van der Waals surface area contributed by atoms with Gasteiger partial charge >= 0.3 is 5.97 Å². The van der Waals surface area contributed by atoms with Gasteiger partial charge in [-0.3, -0.25) is 9.59 Å². The minimum atomic E-state index is -0.856. The molecule has 1 aromatic carbocycles. The first-order chi connectivity index (χ1) is 11.0. The molecule has 2 fully saturated rings. The molecule has 0 bridgehead atoms. The number of ether oxygens (including phenoxy) is 1. The smallest absolute Gasteiger partial charge is 0.307 e. The van der Waals surface area contributed by atoms with E-state index in [1.165, 1.54) is 0 Å². The summed E-state index contributed by atoms with van der Waals surface area (Å²) >= 11 is 3.48. The van der Waals surface area contributed by atoms with E-state index in [4.69, 9.17) is 4.74 Å². The molecular formula is C17H20BrNO4. The molecule has 1 N–H and O–H groups in total. The molecule has 1 saturated heterocycles. The van der Waals surface area contributed by atoms with Crippen LogP contribution in [0.2, 0.25) is 0 Å². The number of carboxylic acid groups (broad SMARTS) is 1. The fourth-order valence-electron chi connectivity index (χ4n) is 3.62. The fraction of sp³-hybridized carbons (Fsp3) is 0.529. The van der Waals surface area contributed by atoms with Crippen LogP contribution in [0.3, 0.4) is 0 Å². The van der Waals surface area contributed by atoms with Crippen molar-refractivity contribution in [3.63, 3.8) is 0 Å². The molecule has 0 aromatic heterocycles. The van der Waals surface area contributed by atoms with Crippen LogP contribution in [0.25, 0.3) is 0 Å². The van der Waals surface area contributed by atoms with Gasteiger partial charge in [-0.25, -0.2) is 0 Å². The standard InChI is InChI=1S/C17H20BrNO4/c1-23-15-7-4-10(18)9-13(15)14-3-2-8-19(14)16(20)11-5-6-12(11)17(21)22/h4,7,9,11-12,14H,2-3,5-6,8H2,1H3,(H,21,22). The van der Waals surface area contributed by atoms with Gasteiger partial charge in [0.05, 0.1) is 25.0 Å². The van der Waals surface area contributed by atoms with Crippen molar-refractivity contribution in [3.05, 3.63) is 28.2 Å². The predicted molar refractivity (Wildman–Crippen MR) is 88.2 cm³/mol. The number of benzene rings is 1. The fourth-order valence-corrected chi connectivity index (χ4v) is 4.00. The zero-order valence-electron chi connectivity index (χ0n) is 13.0. The summed E-state index contributed by atoms with van der Waals surface area (Å²) in [6.07, 6.45) is 3.08. The van der Waals surface area contributed by atoms with Crippen molar-refractivity contribution >= 4 is 27.8 Å². The van der Waals surface area contributed by atoms with E-state index in [-0.39, 0.29) is 17.9 Å². The predicted octanol–water partition coefficient (Wildman–Crippen LogP) is 3.23. The van der Waals surface area contributed by atoms with Crippen LogP contribution in [0.4, 0.5) is 0 Å². The third-order valence-corrected chi connectivity index (χ3v) is 5.49. The highest BCUT2D eigenvalue weighted by Gasteiger charge is 2.45. The van der Waals surface area contributed by atoms with Gasteiger partial charge in [0.15, 0.2) is 0 Å². The number of halogens is 1. The van der Waals surface area contributed by atoms with Crippen molar-refractivity contribution in [1.29, 1.82) is 0 Å². The summed E-state index contributed by atoms with van der Waals surface area (Å²) in [6.45, 7) is 0.683. The average molecular weight is 382 g/mol. The zero-order chi connectivity index (χ0) is 16.6. The van der Waals surface area contributed by atoms with Crippen molar-refractivity contribution < 1.29 is 19.4 Å². The van der Waals surface area contributed by atoms with Gasteiger partial charge in [0.25, 0.3) is 0 Å². The lowest BCUT2D eigenvalue weighted by atomic mass is 9.72. The largest absolute Gasteiger partial charge is 0.496 e. The third-order valence-electron chi connectivity index (χ3n) is 5.00. The van der Waals surface area contributed by atoms with E-state index in [0.29, 0.717) is 19.4 Å². The first-order valence-corrected chi connectivity index (χ1v) is 8.69. The van der Waals surface area contributed by atoms with Crippen LogP contribution in [-0.4, -0.2) is 35.5 Å². The number of amides is 1. The Labute approximate surface area is 143 Å². The number of carboxylic acids is 1. The molecule has 1 amide bonds. The number of rotatable bonds is 4. The van der Waals surface area contributed by atoms with Crippen LogP contribution in [0.5, 0.6) is 5.75 Å². The van der Waals surface area contributed by atoms with Gasteiger partial charge in [-0.2, -0.15) is 0 Å². The highest BCUT2D eigenvalue weighted by molar-refractivity contribution is 9.10. The first-order valence-electron chi connectivity index (χ1n) is 7.89. The number of aliphatic carboxylic acids is 1. The summed E-state index contributed by atoms with van der Waals surface area (Å²) in [5, 5.41) is 9.20. The van der Waals surface area contributed by atoms with Gasteiger partial charge < -0.3 is 14.7 Å². The molecule has 23 heavy (non-hydrogen) atoms. The minimum absolute atomic E-state index is 0.0202. The second-order valence-electron chi connectivity index (χ2n) is 6.20. The average Bonchev–Trinajstić information content (AvgIpc) is 2.94. The zero-order valence-corrected chi connectivity index (χ0v) is 14.6. The minimum Gasteiger partial charge on any atom is -0.496 e. The van der Waals surface area contributed by atoms with Crippen LogP contribution < -0.4 is 4.74 Å². The Balaban J connectivity index is 1.85. The Morgan fingerprint density at radius 3 is 2.61 bits per heavy atom. The van der Waals surface area contributed by atoms with Crippen LogP contribution in [0.15, 0.2) is 22.7 Å². The second kappa shape index (κ2) is 6.51. The highest BCUT2D eigenvalue weighted by Crippen LogP contribution is 2.43. The van der Waals surface area contributed by atoms with Gasteiger partial charge in [-0.05, 0) is 43.9 Å². The summed E-state index contributed by atoms with van der Waals surface area (Å²) in [7, 11) is 1.63. The Morgan fingerprint density at radius 2 is 2.00 bits per heavy atom. The SMILES string of the molecule is COc1ccc(Br)cc1C1CCCN1C(=O)C1CCC1C(=O)O. The van der Waals surface area contributed by atoms with Gasteiger partial charge in [0.1, 0.15) is 5.75 Å². The van der Waals surface area contributed by atoms with Crippen molar-refractivity contribution in [3.8, 4) is 5.75 Å². The Kier molecular flexibility index (Phi) is 4.62. The quantitative estimate of drug-likeness (QED) is 0.869. The molecule has 2 aliphatic rings. The van der Waals surface area contributed by atoms with E-state index < -0.39 is 11.9 Å². The molecule has 1 aliphatic heterocycles. The number of methoxy groups -OCH3 is 1. The lowest BCUT2D eigenvalue weighted by molar-refractivity contribution is -0.157. The Hall–Kier alpha value is -1.56. The molecule has 0 spiro atoms. The van der Waals surface area contributed by atoms with Crippen LogP contribution in [0.1, 0.15) is 37.3 Å². The van der Waals surface area contributed by atoms with Crippen molar-refractivity contribution in [2.45, 2.75) is 31.7 Å². The van der Waals surface area contributed by atoms with E-state index in [9.17, 15) is 14.7 Å². The maximum atomic E-state index is 12.8. The normalized spacial score (nSPS) is 26.7. The van der Waals surface area contributed by atoms with Crippen LogP contribution in [0, 0.1) is 11.8 Å². The summed E-state index contributed by atoms with van der Waals surface area (Å²) in [6, 6.07) is 5.76. The lowest BCUT2D eigenvalue weighted by Gasteiger charge is -2.37. The number of carbonyl (C=O) groups is 2. The maximum absolute atomic E-state index is 12.8. The lowest BCUT2D eigenvalue weighted by Crippen LogP contribution is -2.45. The van der Waals surface area contributed by atoms with Crippen molar-refractivity contribution in [2.75, 3.05) is 13.7 Å². The van der Waals surface area contributed by atoms with Gasteiger partial charge in [-0.15, -0.1) is 0 Å². The monoisotopic (exact) mass is 381 g/mol. The molecule has 5 nitrogen and oxygen atoms in total. The van der Waals surface area contributed by atoms with Crippen molar-refractivity contribution in [1.82, 2.24) is 4.90 Å². The highest BCUT2D eigenvalue weighted by atomic mass is 79.9. The summed E-state index contributed by atoms with van der Waals surface area (Å²) < 4.78 is 6.39. The van der Waals surface area contributed by atoms with Crippen LogP contribution in [-0.2, 0) is 9.59 Å². The molecular weight excluding hydrogens is 362 g/mol. The number of hydrogen-bond donors (Lipinski definition) is 1.